The van der Waals surface area contributed by atoms with Crippen molar-refractivity contribution >= 4 is 11.5 Å². The Morgan fingerprint density at radius 3 is 1.94 bits per heavy atom. The fraction of sp³-hybridized carbons (Fsp3) is 0.318. The summed E-state index contributed by atoms with van der Waals surface area (Å²) < 4.78 is 55.9. The molecule has 5 nitrogen and oxygen atoms in total. The van der Waals surface area contributed by atoms with Crippen LogP contribution in [0.15, 0.2) is 48.0 Å². The lowest BCUT2D eigenvalue weighted by molar-refractivity contribution is -0.192. The molecule has 1 aliphatic rings. The lowest BCUT2D eigenvalue weighted by Crippen LogP contribution is -2.23. The number of carboxylic acid groups (broad SMARTS) is 1. The number of piperidine rings is 1. The molecule has 0 spiro atoms. The molecule has 2 N–H and O–H groups in total. The summed E-state index contributed by atoms with van der Waals surface area (Å²) in [6, 6.07) is 12.7. The van der Waals surface area contributed by atoms with E-state index < -0.39 is 12.1 Å². The molecule has 168 valence electrons. The molecular weight excluding hydrogens is 418 g/mol. The minimum absolute atomic E-state index is 0.222. The molecule has 0 bridgehead atoms. The topological polar surface area (TPSA) is 67.8 Å². The van der Waals surface area contributed by atoms with E-state index >= 15 is 0 Å². The molecule has 9 heteroatoms. The minimum Gasteiger partial charge on any atom is -0.493 e. The molecule has 1 fully saturated rings. The van der Waals surface area contributed by atoms with Crippen molar-refractivity contribution in [1.29, 1.82) is 0 Å². The maximum atomic E-state index is 13.3. The van der Waals surface area contributed by atoms with Crippen LogP contribution in [0.5, 0.6) is 11.5 Å². The Hall–Kier alpha value is -3.07. The third-order valence-electron chi connectivity index (χ3n) is 4.61. The Balaban J connectivity index is 0.000000423. The van der Waals surface area contributed by atoms with Crippen molar-refractivity contribution in [2.75, 3.05) is 27.3 Å². The number of alkyl halides is 3. The van der Waals surface area contributed by atoms with Gasteiger partial charge in [0.15, 0.2) is 11.5 Å². The van der Waals surface area contributed by atoms with E-state index in [1.807, 2.05) is 30.3 Å². The third-order valence-corrected chi connectivity index (χ3v) is 4.61. The molecule has 0 radical (unpaired) electrons. The summed E-state index contributed by atoms with van der Waals surface area (Å²) in [5.74, 6) is -1.58. The second kappa shape index (κ2) is 10.8. The van der Waals surface area contributed by atoms with Gasteiger partial charge in [0.25, 0.3) is 0 Å². The van der Waals surface area contributed by atoms with Crippen LogP contribution in [0.1, 0.15) is 24.0 Å². The van der Waals surface area contributed by atoms with Crippen molar-refractivity contribution in [2.45, 2.75) is 19.0 Å². The van der Waals surface area contributed by atoms with Crippen LogP contribution in [-0.2, 0) is 4.79 Å². The minimum atomic E-state index is -5.08. The predicted molar refractivity (Wildman–Crippen MR) is 108 cm³/mol. The van der Waals surface area contributed by atoms with E-state index in [1.165, 1.54) is 17.7 Å². The number of hydrogen-bond acceptors (Lipinski definition) is 4. The van der Waals surface area contributed by atoms with Crippen LogP contribution in [0.2, 0.25) is 0 Å². The molecule has 0 unspecified atom stereocenters. The van der Waals surface area contributed by atoms with Crippen molar-refractivity contribution in [1.82, 2.24) is 5.32 Å². The molecule has 3 rings (SSSR count). The van der Waals surface area contributed by atoms with Gasteiger partial charge in [0.1, 0.15) is 5.82 Å². The van der Waals surface area contributed by atoms with E-state index in [0.29, 0.717) is 11.5 Å². The molecule has 0 aliphatic carbocycles. The van der Waals surface area contributed by atoms with Crippen molar-refractivity contribution in [3.05, 3.63) is 65.0 Å². The van der Waals surface area contributed by atoms with Gasteiger partial charge in [-0.25, -0.2) is 9.18 Å². The van der Waals surface area contributed by atoms with E-state index in [4.69, 9.17) is 19.4 Å². The largest absolute Gasteiger partial charge is 0.493 e. The van der Waals surface area contributed by atoms with Gasteiger partial charge in [-0.15, -0.1) is 0 Å². The van der Waals surface area contributed by atoms with Crippen LogP contribution in [0, 0.1) is 5.82 Å². The zero-order valence-electron chi connectivity index (χ0n) is 17.1. The summed E-state index contributed by atoms with van der Waals surface area (Å²) in [5, 5.41) is 10.5. The summed E-state index contributed by atoms with van der Waals surface area (Å²) in [6.45, 7) is 1.93. The van der Waals surface area contributed by atoms with E-state index in [1.54, 1.807) is 14.2 Å². The van der Waals surface area contributed by atoms with E-state index in [9.17, 15) is 17.6 Å². The van der Waals surface area contributed by atoms with Crippen LogP contribution >= 0.6 is 0 Å². The molecule has 0 aromatic heterocycles. The number of carbonyl (C=O) groups is 1. The van der Waals surface area contributed by atoms with Crippen molar-refractivity contribution in [3.63, 3.8) is 0 Å². The number of rotatable bonds is 4. The smallest absolute Gasteiger partial charge is 0.490 e. The third kappa shape index (κ3) is 6.71. The monoisotopic (exact) mass is 441 g/mol. The predicted octanol–water partition coefficient (Wildman–Crippen LogP) is 4.66. The van der Waals surface area contributed by atoms with Gasteiger partial charge >= 0.3 is 12.1 Å². The highest BCUT2D eigenvalue weighted by Crippen LogP contribution is 2.36. The van der Waals surface area contributed by atoms with Crippen molar-refractivity contribution in [2.24, 2.45) is 0 Å². The molecule has 0 atom stereocenters. The number of methoxy groups -OCH3 is 2. The van der Waals surface area contributed by atoms with E-state index in [-0.39, 0.29) is 5.82 Å². The molecule has 2 aromatic carbocycles. The summed E-state index contributed by atoms with van der Waals surface area (Å²) in [5.41, 5.74) is 4.64. The summed E-state index contributed by atoms with van der Waals surface area (Å²) >= 11 is 0. The fourth-order valence-corrected chi connectivity index (χ4v) is 3.16. The zero-order valence-corrected chi connectivity index (χ0v) is 17.1. The average molecular weight is 441 g/mol. The SMILES string of the molecule is COc1ccc(C(=C2CCNCC2)c2ccc(F)cc2)cc1OC.O=C(O)C(F)(F)F. The van der Waals surface area contributed by atoms with Crippen LogP contribution in [0.25, 0.3) is 5.57 Å². The van der Waals surface area contributed by atoms with Crippen LogP contribution < -0.4 is 14.8 Å². The van der Waals surface area contributed by atoms with Crippen molar-refractivity contribution in [3.8, 4) is 11.5 Å². The highest BCUT2D eigenvalue weighted by molar-refractivity contribution is 5.83. The Kier molecular flexibility index (Phi) is 8.44. The summed E-state index contributed by atoms with van der Waals surface area (Å²) in [6.07, 6.45) is -3.11. The fourth-order valence-electron chi connectivity index (χ4n) is 3.16. The average Bonchev–Trinajstić information content (AvgIpc) is 2.75. The lowest BCUT2D eigenvalue weighted by Gasteiger charge is -2.22. The number of hydrogen-bond donors (Lipinski definition) is 2. The summed E-state index contributed by atoms with van der Waals surface area (Å²) in [4.78, 5) is 8.90. The van der Waals surface area contributed by atoms with Crippen LogP contribution in [0.4, 0.5) is 17.6 Å². The van der Waals surface area contributed by atoms with Crippen LogP contribution in [0.3, 0.4) is 0 Å². The zero-order chi connectivity index (χ0) is 23.0. The van der Waals surface area contributed by atoms with Gasteiger partial charge in [0.05, 0.1) is 14.2 Å². The highest BCUT2D eigenvalue weighted by atomic mass is 19.4. The van der Waals surface area contributed by atoms with E-state index in [2.05, 4.69) is 5.32 Å². The first-order chi connectivity index (χ1) is 14.7. The molecule has 1 aliphatic heterocycles. The van der Waals surface area contributed by atoms with Gasteiger partial charge in [-0.3, -0.25) is 0 Å². The van der Waals surface area contributed by atoms with Gasteiger partial charge in [0, 0.05) is 0 Å². The molecule has 1 saturated heterocycles. The second-order valence-electron chi connectivity index (χ2n) is 6.61. The standard InChI is InChI=1S/C20H22FNO2.C2HF3O2/c1-23-18-8-5-16(13-19(18)24-2)20(15-9-11-22-12-10-15)14-3-6-17(21)7-4-14;3-2(4,5)1(6)7/h3-8,13,22H,9-12H2,1-2H3;(H,6,7). The Labute approximate surface area is 177 Å². The number of nitrogens with one attached hydrogen (secondary N) is 1. The molecule has 2 aromatic rings. The molecule has 0 saturated carbocycles. The quantitative estimate of drug-likeness (QED) is 0.676. The van der Waals surface area contributed by atoms with Gasteiger partial charge in [0.2, 0.25) is 0 Å². The number of carboxylic acids is 1. The first kappa shape index (κ1) is 24.2. The summed E-state index contributed by atoms with van der Waals surface area (Å²) in [7, 11) is 3.26. The number of aliphatic carboxylic acids is 1. The number of halogens is 4. The van der Waals surface area contributed by atoms with Gasteiger partial charge < -0.3 is 19.9 Å². The van der Waals surface area contributed by atoms with Gasteiger partial charge in [-0.1, -0.05) is 23.8 Å². The molecule has 1 heterocycles. The normalized spacial score (nSPS) is 13.7. The first-order valence-corrected chi connectivity index (χ1v) is 9.38. The van der Waals surface area contributed by atoms with Gasteiger partial charge in [-0.05, 0) is 66.9 Å². The number of ether oxygens (including phenoxy) is 2. The Bertz CT molecular complexity index is 916. The van der Waals surface area contributed by atoms with Gasteiger partial charge in [-0.2, -0.15) is 13.2 Å². The number of benzene rings is 2. The van der Waals surface area contributed by atoms with Crippen LogP contribution in [-0.4, -0.2) is 44.6 Å². The Morgan fingerprint density at radius 1 is 0.935 bits per heavy atom. The lowest BCUT2D eigenvalue weighted by atomic mass is 9.88. The van der Waals surface area contributed by atoms with Crippen molar-refractivity contribution < 1.29 is 36.9 Å². The second-order valence-corrected chi connectivity index (χ2v) is 6.61. The molecule has 0 amide bonds. The van der Waals surface area contributed by atoms with E-state index in [0.717, 1.165) is 42.6 Å². The maximum Gasteiger partial charge on any atom is 0.490 e. The molecular formula is C22H23F4NO4. The Morgan fingerprint density at radius 2 is 1.45 bits per heavy atom. The maximum absolute atomic E-state index is 13.3. The first-order valence-electron chi connectivity index (χ1n) is 9.38. The molecule has 31 heavy (non-hydrogen) atoms. The highest BCUT2D eigenvalue weighted by Gasteiger charge is 2.38.